The van der Waals surface area contributed by atoms with Crippen molar-refractivity contribution in [1.29, 1.82) is 0 Å². The van der Waals surface area contributed by atoms with E-state index in [1.165, 1.54) is 29.5 Å². The fourth-order valence-corrected chi connectivity index (χ4v) is 2.55. The molecule has 88 valence electrons. The van der Waals surface area contributed by atoms with Crippen LogP contribution in [-0.2, 0) is 0 Å². The molecule has 0 bridgehead atoms. The van der Waals surface area contributed by atoms with Crippen molar-refractivity contribution in [3.05, 3.63) is 28.8 Å². The number of hydrogen-bond donors (Lipinski definition) is 1. The maximum absolute atomic E-state index is 5.99. The predicted molar refractivity (Wildman–Crippen MR) is 71.7 cm³/mol. The van der Waals surface area contributed by atoms with Gasteiger partial charge in [0.1, 0.15) is 5.75 Å². The first kappa shape index (κ1) is 11.8. The van der Waals surface area contributed by atoms with Crippen molar-refractivity contribution >= 4 is 12.6 Å². The normalized spacial score (nSPS) is 17.2. The first-order valence-electron chi connectivity index (χ1n) is 5.88. The average Bonchev–Trinajstić information content (AvgIpc) is 2.97. The summed E-state index contributed by atoms with van der Waals surface area (Å²) in [6.45, 7) is 7.19. The molecule has 2 rings (SSSR count). The van der Waals surface area contributed by atoms with E-state index in [9.17, 15) is 0 Å². The van der Waals surface area contributed by atoms with E-state index in [-0.39, 0.29) is 0 Å². The lowest BCUT2D eigenvalue weighted by molar-refractivity contribution is 0.248. The Labute approximate surface area is 104 Å². The summed E-state index contributed by atoms with van der Waals surface area (Å²) in [4.78, 5) is 0. The number of thiol groups is 1. The minimum atomic E-state index is 0.368. The van der Waals surface area contributed by atoms with Crippen LogP contribution >= 0.6 is 12.6 Å². The quantitative estimate of drug-likeness (QED) is 0.784. The van der Waals surface area contributed by atoms with Crippen molar-refractivity contribution in [3.63, 3.8) is 0 Å². The van der Waals surface area contributed by atoms with Gasteiger partial charge in [-0.1, -0.05) is 17.7 Å². The molecule has 1 aromatic carbocycles. The Hall–Kier alpha value is -0.630. The van der Waals surface area contributed by atoms with E-state index in [0.29, 0.717) is 5.41 Å². The van der Waals surface area contributed by atoms with E-state index in [4.69, 9.17) is 4.74 Å². The van der Waals surface area contributed by atoms with Crippen LogP contribution in [0, 0.1) is 26.2 Å². The van der Waals surface area contributed by atoms with Gasteiger partial charge in [0.25, 0.3) is 0 Å². The Morgan fingerprint density at radius 3 is 2.19 bits per heavy atom. The Morgan fingerprint density at radius 2 is 1.75 bits per heavy atom. The second-order valence-electron chi connectivity index (χ2n) is 5.17. The summed E-state index contributed by atoms with van der Waals surface area (Å²) in [6.07, 6.45) is 2.53. The van der Waals surface area contributed by atoms with Crippen LogP contribution in [0.4, 0.5) is 0 Å². The SMILES string of the molecule is Cc1cc(C)c(OCC2(CS)CC2)c(C)c1. The third-order valence-corrected chi connectivity index (χ3v) is 4.09. The van der Waals surface area contributed by atoms with Gasteiger partial charge in [-0.2, -0.15) is 12.6 Å². The Morgan fingerprint density at radius 1 is 1.19 bits per heavy atom. The summed E-state index contributed by atoms with van der Waals surface area (Å²) in [5.74, 6) is 2.01. The van der Waals surface area contributed by atoms with Crippen LogP contribution in [0.3, 0.4) is 0 Å². The van der Waals surface area contributed by atoms with Crippen molar-refractivity contribution in [3.8, 4) is 5.75 Å². The molecule has 0 amide bonds. The summed E-state index contributed by atoms with van der Waals surface area (Å²) < 4.78 is 5.99. The van der Waals surface area contributed by atoms with Crippen LogP contribution < -0.4 is 4.74 Å². The molecule has 1 aliphatic carbocycles. The van der Waals surface area contributed by atoms with Crippen molar-refractivity contribution in [2.45, 2.75) is 33.6 Å². The highest BCUT2D eigenvalue weighted by atomic mass is 32.1. The third-order valence-electron chi connectivity index (χ3n) is 3.42. The Balaban J connectivity index is 2.09. The largest absolute Gasteiger partial charge is 0.492 e. The first-order chi connectivity index (χ1) is 7.56. The van der Waals surface area contributed by atoms with E-state index in [1.54, 1.807) is 0 Å². The van der Waals surface area contributed by atoms with E-state index in [2.05, 4.69) is 45.5 Å². The van der Waals surface area contributed by atoms with Gasteiger partial charge in [0, 0.05) is 5.41 Å². The number of ether oxygens (including phenoxy) is 1. The van der Waals surface area contributed by atoms with Gasteiger partial charge in [0.15, 0.2) is 0 Å². The molecular formula is C14H20OS. The van der Waals surface area contributed by atoms with Crippen molar-refractivity contribution in [2.75, 3.05) is 12.4 Å². The molecule has 0 N–H and O–H groups in total. The second kappa shape index (κ2) is 4.33. The van der Waals surface area contributed by atoms with Crippen molar-refractivity contribution in [2.24, 2.45) is 5.41 Å². The van der Waals surface area contributed by atoms with Crippen LogP contribution in [0.2, 0.25) is 0 Å². The van der Waals surface area contributed by atoms with E-state index < -0.39 is 0 Å². The average molecular weight is 236 g/mol. The molecule has 0 saturated heterocycles. The second-order valence-corrected chi connectivity index (χ2v) is 5.49. The monoisotopic (exact) mass is 236 g/mol. The van der Waals surface area contributed by atoms with Gasteiger partial charge in [-0.15, -0.1) is 0 Å². The molecule has 0 radical (unpaired) electrons. The van der Waals surface area contributed by atoms with E-state index in [1.807, 2.05) is 0 Å². The Kier molecular flexibility index (Phi) is 3.20. The Bertz CT molecular complexity index is 371. The minimum Gasteiger partial charge on any atom is -0.492 e. The molecule has 0 aromatic heterocycles. The standard InChI is InChI=1S/C14H20OS/c1-10-6-11(2)13(12(3)7-10)15-8-14(9-16)4-5-14/h6-7,16H,4-5,8-9H2,1-3H3. The summed E-state index contributed by atoms with van der Waals surface area (Å²) in [7, 11) is 0. The summed E-state index contributed by atoms with van der Waals surface area (Å²) in [6, 6.07) is 4.37. The molecule has 2 heteroatoms. The first-order valence-corrected chi connectivity index (χ1v) is 6.51. The van der Waals surface area contributed by atoms with Gasteiger partial charge in [0.2, 0.25) is 0 Å². The fourth-order valence-electron chi connectivity index (χ4n) is 2.14. The van der Waals surface area contributed by atoms with E-state index >= 15 is 0 Å². The fraction of sp³-hybridized carbons (Fsp3) is 0.571. The molecule has 1 aromatic rings. The highest BCUT2D eigenvalue weighted by Crippen LogP contribution is 2.47. The highest BCUT2D eigenvalue weighted by molar-refractivity contribution is 7.80. The van der Waals surface area contributed by atoms with Gasteiger partial charge >= 0.3 is 0 Å². The lowest BCUT2D eigenvalue weighted by atomic mass is 10.1. The molecule has 1 fully saturated rings. The van der Waals surface area contributed by atoms with Gasteiger partial charge in [-0.05, 0) is 50.5 Å². The van der Waals surface area contributed by atoms with Crippen LogP contribution in [0.5, 0.6) is 5.75 Å². The number of hydrogen-bond acceptors (Lipinski definition) is 2. The zero-order valence-corrected chi connectivity index (χ0v) is 11.2. The topological polar surface area (TPSA) is 9.23 Å². The predicted octanol–water partition coefficient (Wildman–Crippen LogP) is 3.70. The summed E-state index contributed by atoms with van der Waals surface area (Å²) >= 11 is 4.40. The smallest absolute Gasteiger partial charge is 0.125 e. The molecule has 0 unspecified atom stereocenters. The van der Waals surface area contributed by atoms with Crippen LogP contribution in [0.15, 0.2) is 12.1 Å². The number of aryl methyl sites for hydroxylation is 3. The van der Waals surface area contributed by atoms with Crippen LogP contribution in [0.1, 0.15) is 29.5 Å². The maximum Gasteiger partial charge on any atom is 0.125 e. The highest BCUT2D eigenvalue weighted by Gasteiger charge is 2.42. The third kappa shape index (κ3) is 2.37. The maximum atomic E-state index is 5.99. The lowest BCUT2D eigenvalue weighted by Gasteiger charge is -2.17. The van der Waals surface area contributed by atoms with Gasteiger partial charge in [-0.3, -0.25) is 0 Å². The molecule has 0 spiro atoms. The van der Waals surface area contributed by atoms with Crippen molar-refractivity contribution in [1.82, 2.24) is 0 Å². The zero-order chi connectivity index (χ0) is 11.8. The number of rotatable bonds is 4. The van der Waals surface area contributed by atoms with Gasteiger partial charge < -0.3 is 4.74 Å². The zero-order valence-electron chi connectivity index (χ0n) is 10.3. The van der Waals surface area contributed by atoms with Crippen molar-refractivity contribution < 1.29 is 4.74 Å². The number of benzene rings is 1. The molecule has 0 atom stereocenters. The van der Waals surface area contributed by atoms with Crippen LogP contribution in [-0.4, -0.2) is 12.4 Å². The van der Waals surface area contributed by atoms with E-state index in [0.717, 1.165) is 18.1 Å². The molecule has 0 heterocycles. The molecular weight excluding hydrogens is 216 g/mol. The molecule has 1 saturated carbocycles. The minimum absolute atomic E-state index is 0.368. The molecule has 16 heavy (non-hydrogen) atoms. The van der Waals surface area contributed by atoms with Crippen LogP contribution in [0.25, 0.3) is 0 Å². The lowest BCUT2D eigenvalue weighted by Crippen LogP contribution is -2.15. The summed E-state index contributed by atoms with van der Waals surface area (Å²) in [5, 5.41) is 0. The molecule has 1 aliphatic rings. The summed E-state index contributed by atoms with van der Waals surface area (Å²) in [5.41, 5.74) is 4.16. The molecule has 1 nitrogen and oxygen atoms in total. The van der Waals surface area contributed by atoms with Gasteiger partial charge in [0.05, 0.1) is 6.61 Å². The molecule has 0 aliphatic heterocycles. The van der Waals surface area contributed by atoms with Gasteiger partial charge in [-0.25, -0.2) is 0 Å².